The maximum Gasteiger partial charge on any atom is 0.276 e. The van der Waals surface area contributed by atoms with Crippen LogP contribution in [0.5, 0.6) is 17.2 Å². The molecule has 24 heteroatoms. The maximum atomic E-state index is 13.0. The number of hydrogen-bond donors (Lipinski definition) is 3. The summed E-state index contributed by atoms with van der Waals surface area (Å²) < 4.78 is 62.4. The number of thioether (sulfide) groups is 1. The fraction of sp³-hybridized carbons (Fsp3) is 0.397. The molecular weight excluding hydrogens is 1100 g/mol. The zero-order chi connectivity index (χ0) is 58.6. The van der Waals surface area contributed by atoms with Gasteiger partial charge in [0.1, 0.15) is 29.9 Å². The van der Waals surface area contributed by atoms with Crippen molar-refractivity contribution in [2.24, 2.45) is 4.99 Å². The van der Waals surface area contributed by atoms with Gasteiger partial charge in [-0.3, -0.25) is 34.6 Å². The van der Waals surface area contributed by atoms with Crippen molar-refractivity contribution in [2.45, 2.75) is 88.8 Å². The third-order valence-corrected chi connectivity index (χ3v) is 15.9. The first kappa shape index (κ1) is 60.5. The number of anilines is 1. The number of benzene rings is 5. The molecule has 434 valence electrons. The summed E-state index contributed by atoms with van der Waals surface area (Å²) in [5.41, 5.74) is 3.97. The Morgan fingerprint density at radius 2 is 1.61 bits per heavy atom. The van der Waals surface area contributed by atoms with Crippen LogP contribution in [-0.2, 0) is 64.7 Å². The van der Waals surface area contributed by atoms with Crippen molar-refractivity contribution >= 4 is 67.6 Å². The van der Waals surface area contributed by atoms with Gasteiger partial charge in [-0.2, -0.15) is 0 Å². The Morgan fingerprint density at radius 3 is 2.32 bits per heavy atom. The Morgan fingerprint density at radius 1 is 0.890 bits per heavy atom. The van der Waals surface area contributed by atoms with Gasteiger partial charge in [0.25, 0.3) is 11.4 Å². The molecular formula is C58H65N7O15S2. The highest BCUT2D eigenvalue weighted by Gasteiger charge is 2.40. The van der Waals surface area contributed by atoms with Crippen molar-refractivity contribution in [3.63, 3.8) is 0 Å². The number of carbonyl (C=O) groups is 3. The first-order valence-electron chi connectivity index (χ1n) is 26.9. The molecule has 0 aliphatic carbocycles. The monoisotopic (exact) mass is 1160 g/mol. The standard InChI is InChI=1S/C58H65N7O15S2/c1-4-62-18-5-7-41-29-49-53(32-51(41)62)80-54-33-52-48(31-50(54)61-49)43(37-82(74,75)76)34-58(2,3)63(52)19-6-8-55(67)59-17-20-77-21-22-78-23-24-79-36-42-28-46(66)13-11-40(42)12-16-57(69)81-47-14-9-38(10-15-47)27-56(68)60-35-39-25-44(64(70)71)30-45(26-39)65(72)73/h9-16,25-26,28-33,43H,4-8,17-24,27,34-37H2,1-3H3,(H3-,59,60,66,67,68,69,74,75,76). The molecule has 5 aromatic rings. The number of ether oxygens (including phenoxy) is 4. The highest BCUT2D eigenvalue weighted by Crippen LogP contribution is 2.49. The van der Waals surface area contributed by atoms with Crippen LogP contribution < -0.4 is 35.6 Å². The van der Waals surface area contributed by atoms with Crippen LogP contribution >= 0.6 is 11.8 Å². The van der Waals surface area contributed by atoms with Crippen LogP contribution in [0.15, 0.2) is 101 Å². The quantitative estimate of drug-likeness (QED) is 0.00922. The summed E-state index contributed by atoms with van der Waals surface area (Å²) in [5, 5.41) is 39.6. The number of aromatic hydroxyl groups is 1. The van der Waals surface area contributed by atoms with Gasteiger partial charge in [-0.25, -0.2) is 18.0 Å². The number of carbonyl (C=O) groups excluding carboxylic acids is 3. The number of rotatable bonds is 27. The molecule has 3 aliphatic heterocycles. The third-order valence-electron chi connectivity index (χ3n) is 14.2. The fourth-order valence-electron chi connectivity index (χ4n) is 10.3. The molecule has 0 saturated carbocycles. The summed E-state index contributed by atoms with van der Waals surface area (Å²) in [6.45, 7) is 10.2. The lowest BCUT2D eigenvalue weighted by Gasteiger charge is -2.48. The van der Waals surface area contributed by atoms with Crippen molar-refractivity contribution < 1.29 is 61.3 Å². The second-order valence-corrected chi connectivity index (χ2v) is 23.2. The van der Waals surface area contributed by atoms with E-state index in [0.717, 1.165) is 72.5 Å². The second-order valence-electron chi connectivity index (χ2n) is 20.7. The van der Waals surface area contributed by atoms with E-state index in [4.69, 9.17) is 23.9 Å². The average Bonchev–Trinajstić information content (AvgIpc) is 1.45. The van der Waals surface area contributed by atoms with Gasteiger partial charge in [0.15, 0.2) is 11.5 Å². The molecule has 2 amide bonds. The minimum atomic E-state index is -4.55. The number of fused-ring (bicyclic) bond motifs is 4. The zero-order valence-electron chi connectivity index (χ0n) is 45.8. The molecule has 0 radical (unpaired) electrons. The zero-order valence-corrected chi connectivity index (χ0v) is 47.4. The number of amides is 2. The van der Waals surface area contributed by atoms with Crippen LogP contribution in [0.25, 0.3) is 6.08 Å². The van der Waals surface area contributed by atoms with E-state index in [9.17, 15) is 52.7 Å². The number of non-ortho nitro benzene ring substituents is 2. The van der Waals surface area contributed by atoms with Crippen LogP contribution in [-0.4, -0.2) is 115 Å². The van der Waals surface area contributed by atoms with Crippen molar-refractivity contribution in [2.75, 3.05) is 69.9 Å². The van der Waals surface area contributed by atoms with Gasteiger partial charge in [-0.05, 0) is 122 Å². The Kier molecular flexibility index (Phi) is 20.2. The number of nitrogens with zero attached hydrogens (tertiary/aromatic N) is 5. The van der Waals surface area contributed by atoms with Gasteiger partial charge in [0.2, 0.25) is 22.3 Å². The van der Waals surface area contributed by atoms with Gasteiger partial charge in [-0.15, -0.1) is 0 Å². The van der Waals surface area contributed by atoms with Crippen molar-refractivity contribution in [1.29, 1.82) is 0 Å². The number of phenolic OH excluding ortho intramolecular Hbond substituents is 1. The molecule has 1 atom stereocenters. The molecule has 5 aromatic carbocycles. The summed E-state index contributed by atoms with van der Waals surface area (Å²) >= 11 is 0.973. The van der Waals surface area contributed by atoms with Gasteiger partial charge < -0.3 is 44.1 Å². The fourth-order valence-corrected chi connectivity index (χ4v) is 11.8. The van der Waals surface area contributed by atoms with E-state index in [0.29, 0.717) is 83.3 Å². The molecule has 3 N–H and O–H groups in total. The molecule has 3 aliphatic rings. The lowest BCUT2D eigenvalue weighted by Crippen LogP contribution is -2.50. The average molecular weight is 1160 g/mol. The molecule has 0 fully saturated rings. The summed E-state index contributed by atoms with van der Waals surface area (Å²) in [5.74, 6) is -0.403. The lowest BCUT2D eigenvalue weighted by molar-refractivity contribution is -0.394. The number of nitro benzene ring substituents is 2. The first-order chi connectivity index (χ1) is 39.2. The van der Waals surface area contributed by atoms with Crippen LogP contribution in [0.1, 0.15) is 85.8 Å². The Labute approximate surface area is 478 Å². The topological polar surface area (TPSA) is 295 Å². The maximum absolute atomic E-state index is 13.0. The minimum Gasteiger partial charge on any atom is -0.748 e. The largest absolute Gasteiger partial charge is 0.748 e. The predicted octanol–water partition coefficient (Wildman–Crippen LogP) is 6.68. The van der Waals surface area contributed by atoms with E-state index in [2.05, 4.69) is 39.2 Å². The van der Waals surface area contributed by atoms with E-state index >= 15 is 0 Å². The molecule has 22 nitrogen and oxygen atoms in total. The van der Waals surface area contributed by atoms with Gasteiger partial charge in [-0.1, -0.05) is 24.3 Å². The number of nitrogens with one attached hydrogen (secondary N) is 2. The third kappa shape index (κ3) is 16.5. The van der Waals surface area contributed by atoms with E-state index < -0.39 is 54.5 Å². The molecule has 82 heavy (non-hydrogen) atoms. The van der Waals surface area contributed by atoms with Gasteiger partial charge >= 0.3 is 0 Å². The number of nitro groups is 2. The number of aryl methyl sites for hydroxylation is 1. The lowest BCUT2D eigenvalue weighted by atomic mass is 9.79. The SMILES string of the molecule is CC[N+]1=c2cc3c(cc2CCC1)=Nc1cc2c(cc1O3)N(CCCC(=O)NCCOCCOCCOCc1cc(O)ccc1/C=C/C(=O)Sc1ccc(CC(=O)NCc3cc([N+](=O)[O-])cc([N+](=O)[O-])c3)cc1)C(C)(C)CC2CS(=O)(=O)[O-]. The first-order valence-corrected chi connectivity index (χ1v) is 29.3. The van der Waals surface area contributed by atoms with Crippen molar-refractivity contribution in [3.8, 4) is 17.2 Å². The van der Waals surface area contributed by atoms with E-state index in [-0.39, 0.29) is 68.1 Å². The van der Waals surface area contributed by atoms with Crippen molar-refractivity contribution in [1.82, 2.24) is 15.2 Å². The van der Waals surface area contributed by atoms with Gasteiger partial charge in [0.05, 0.1) is 78.2 Å². The summed E-state index contributed by atoms with van der Waals surface area (Å²) in [7, 11) is -4.55. The van der Waals surface area contributed by atoms with Crippen LogP contribution in [0, 0.1) is 20.2 Å². The van der Waals surface area contributed by atoms with E-state index in [1.807, 2.05) is 26.0 Å². The normalized spacial score (nSPS) is 15.1. The molecule has 1 unspecified atom stereocenters. The van der Waals surface area contributed by atoms with E-state index in [1.54, 1.807) is 42.5 Å². The minimum absolute atomic E-state index is 0.0315. The van der Waals surface area contributed by atoms with Crippen LogP contribution in [0.4, 0.5) is 22.7 Å². The van der Waals surface area contributed by atoms with Gasteiger partial charge in [0, 0.05) is 84.0 Å². The molecule has 0 bridgehead atoms. The van der Waals surface area contributed by atoms with Crippen LogP contribution in [0.2, 0.25) is 0 Å². The molecule has 0 aromatic heterocycles. The Bertz CT molecular complexity index is 3470. The molecule has 8 rings (SSSR count). The Hall–Kier alpha value is -7.61. The second kappa shape index (κ2) is 27.4. The predicted molar refractivity (Wildman–Crippen MR) is 305 cm³/mol. The molecule has 0 spiro atoms. The number of hydrogen-bond acceptors (Lipinski definition) is 18. The highest BCUT2D eigenvalue weighted by molar-refractivity contribution is 8.14. The van der Waals surface area contributed by atoms with Crippen LogP contribution in [0.3, 0.4) is 0 Å². The number of phenols is 1. The molecule has 3 heterocycles. The molecule has 0 saturated heterocycles. The Balaban J connectivity index is 0.715. The summed E-state index contributed by atoms with van der Waals surface area (Å²) in [4.78, 5) is 67.1. The van der Waals surface area contributed by atoms with E-state index in [1.165, 1.54) is 17.7 Å². The summed E-state index contributed by atoms with van der Waals surface area (Å²) in [6, 6.07) is 22.5. The highest BCUT2D eigenvalue weighted by atomic mass is 32.2. The summed E-state index contributed by atoms with van der Waals surface area (Å²) in [6.07, 6.45) is 6.16. The smallest absolute Gasteiger partial charge is 0.276 e. The van der Waals surface area contributed by atoms with Crippen molar-refractivity contribution in [3.05, 3.63) is 155 Å².